The molecule has 0 unspecified atom stereocenters. The highest BCUT2D eigenvalue weighted by atomic mass is 16.2. The van der Waals surface area contributed by atoms with Crippen LogP contribution in [0.4, 0.5) is 11.5 Å². The normalized spacial score (nSPS) is 10.6. The minimum atomic E-state index is -0.115. The molecule has 2 aromatic carbocycles. The number of hydrogen-bond donors (Lipinski definition) is 1. The van der Waals surface area contributed by atoms with Crippen molar-refractivity contribution in [1.29, 1.82) is 0 Å². The lowest BCUT2D eigenvalue weighted by molar-refractivity contribution is 0.0983. The summed E-state index contributed by atoms with van der Waals surface area (Å²) in [5, 5.41) is 3.33. The van der Waals surface area contributed by atoms with Gasteiger partial charge in [-0.15, -0.1) is 0 Å². The molecule has 1 amide bonds. The quantitative estimate of drug-likeness (QED) is 0.563. The summed E-state index contributed by atoms with van der Waals surface area (Å²) >= 11 is 0. The van der Waals surface area contributed by atoms with E-state index < -0.39 is 0 Å². The minimum Gasteiger partial charge on any atom is -0.370 e. The molecule has 29 heavy (non-hydrogen) atoms. The third kappa shape index (κ3) is 5.64. The van der Waals surface area contributed by atoms with Gasteiger partial charge in [-0.1, -0.05) is 42.5 Å². The third-order valence-electron chi connectivity index (χ3n) is 4.72. The topological polar surface area (TPSA) is 58.1 Å². The van der Waals surface area contributed by atoms with Gasteiger partial charge >= 0.3 is 0 Å². The van der Waals surface area contributed by atoms with E-state index in [-0.39, 0.29) is 5.91 Å². The number of aromatic nitrogens is 2. The van der Waals surface area contributed by atoms with Crippen molar-refractivity contribution in [2.75, 3.05) is 23.3 Å². The van der Waals surface area contributed by atoms with Crippen molar-refractivity contribution in [2.24, 2.45) is 0 Å². The summed E-state index contributed by atoms with van der Waals surface area (Å²) < 4.78 is 0. The van der Waals surface area contributed by atoms with Crippen molar-refractivity contribution in [3.05, 3.63) is 83.3 Å². The van der Waals surface area contributed by atoms with E-state index in [9.17, 15) is 4.79 Å². The van der Waals surface area contributed by atoms with Crippen LogP contribution >= 0.6 is 0 Å². The highest BCUT2D eigenvalue weighted by Gasteiger charge is 2.19. The number of carbonyl (C=O) groups excluding carboxylic acids is 1. The molecule has 0 aliphatic heterocycles. The van der Waals surface area contributed by atoms with Crippen LogP contribution in [0, 0.1) is 13.8 Å². The Hall–Kier alpha value is -3.21. The van der Waals surface area contributed by atoms with Gasteiger partial charge in [-0.05, 0) is 56.9 Å². The second kappa shape index (κ2) is 9.82. The molecule has 0 atom stereocenters. The van der Waals surface area contributed by atoms with Gasteiger partial charge in [0.25, 0.3) is 5.91 Å². The fourth-order valence-corrected chi connectivity index (χ4v) is 3.30. The molecule has 0 saturated heterocycles. The zero-order valence-electron chi connectivity index (χ0n) is 17.4. The van der Waals surface area contributed by atoms with E-state index in [2.05, 4.69) is 39.6 Å². The number of nitrogens with zero attached hydrogens (tertiary/aromatic N) is 3. The van der Waals surface area contributed by atoms with Gasteiger partial charge in [0, 0.05) is 24.8 Å². The third-order valence-corrected chi connectivity index (χ3v) is 4.72. The average Bonchev–Trinajstić information content (AvgIpc) is 2.72. The molecular weight excluding hydrogens is 360 g/mol. The predicted octanol–water partition coefficient (Wildman–Crippen LogP) is 4.80. The van der Waals surface area contributed by atoms with E-state index in [4.69, 9.17) is 0 Å². The van der Waals surface area contributed by atoms with E-state index in [0.717, 1.165) is 30.6 Å². The summed E-state index contributed by atoms with van der Waals surface area (Å²) in [6, 6.07) is 20.1. The van der Waals surface area contributed by atoms with E-state index in [1.165, 1.54) is 5.56 Å². The second-order valence-electron chi connectivity index (χ2n) is 7.09. The number of anilines is 2. The van der Waals surface area contributed by atoms with E-state index in [0.29, 0.717) is 23.9 Å². The molecule has 1 heterocycles. The molecule has 3 aromatic rings. The first-order valence-electron chi connectivity index (χ1n) is 10.1. The monoisotopic (exact) mass is 388 g/mol. The molecule has 150 valence electrons. The largest absolute Gasteiger partial charge is 0.370 e. The van der Waals surface area contributed by atoms with Crippen LogP contribution < -0.4 is 10.2 Å². The highest BCUT2D eigenvalue weighted by molar-refractivity contribution is 6.05. The summed E-state index contributed by atoms with van der Waals surface area (Å²) in [5.74, 6) is 1.16. The van der Waals surface area contributed by atoms with E-state index in [1.807, 2.05) is 51.1 Å². The van der Waals surface area contributed by atoms with Crippen LogP contribution in [0.2, 0.25) is 0 Å². The van der Waals surface area contributed by atoms with Gasteiger partial charge in [-0.2, -0.15) is 0 Å². The lowest BCUT2D eigenvalue weighted by Gasteiger charge is -2.21. The van der Waals surface area contributed by atoms with Crippen molar-refractivity contribution < 1.29 is 4.79 Å². The average molecular weight is 389 g/mol. The molecule has 1 aromatic heterocycles. The Labute approximate surface area is 172 Å². The molecule has 0 saturated carbocycles. The van der Waals surface area contributed by atoms with Crippen LogP contribution in [0.25, 0.3) is 0 Å². The van der Waals surface area contributed by atoms with Gasteiger partial charge < -0.3 is 10.2 Å². The molecular formula is C24H28N4O. The Morgan fingerprint density at radius 3 is 2.52 bits per heavy atom. The Kier molecular flexibility index (Phi) is 6.95. The van der Waals surface area contributed by atoms with Crippen molar-refractivity contribution in [3.63, 3.8) is 0 Å². The van der Waals surface area contributed by atoms with Crippen LogP contribution in [0.3, 0.4) is 0 Å². The van der Waals surface area contributed by atoms with E-state index >= 15 is 0 Å². The molecule has 0 radical (unpaired) electrons. The summed E-state index contributed by atoms with van der Waals surface area (Å²) in [4.78, 5) is 23.7. The summed E-state index contributed by atoms with van der Waals surface area (Å²) in [6.45, 7) is 7.17. The second-order valence-corrected chi connectivity index (χ2v) is 7.09. The smallest absolute Gasteiger partial charge is 0.277 e. The number of carbonyl (C=O) groups is 1. The Balaban J connectivity index is 1.68. The zero-order valence-corrected chi connectivity index (χ0v) is 17.4. The summed E-state index contributed by atoms with van der Waals surface area (Å²) in [6.07, 6.45) is 1.99. The molecule has 0 aliphatic rings. The molecule has 0 spiro atoms. The molecule has 0 fully saturated rings. The van der Waals surface area contributed by atoms with Crippen molar-refractivity contribution in [3.8, 4) is 0 Å². The van der Waals surface area contributed by atoms with Crippen LogP contribution in [0.1, 0.15) is 40.8 Å². The Morgan fingerprint density at radius 1 is 1.00 bits per heavy atom. The predicted molar refractivity (Wildman–Crippen MR) is 119 cm³/mol. The first-order chi connectivity index (χ1) is 14.1. The van der Waals surface area contributed by atoms with Crippen LogP contribution in [-0.2, 0) is 6.42 Å². The molecule has 3 rings (SSSR count). The van der Waals surface area contributed by atoms with Crippen molar-refractivity contribution in [2.45, 2.75) is 33.6 Å². The number of aryl methyl sites for hydroxylation is 3. The highest BCUT2D eigenvalue weighted by Crippen LogP contribution is 2.19. The summed E-state index contributed by atoms with van der Waals surface area (Å²) in [7, 11) is 0. The minimum absolute atomic E-state index is 0.115. The maximum absolute atomic E-state index is 13.1. The molecule has 0 bridgehead atoms. The maximum atomic E-state index is 13.1. The van der Waals surface area contributed by atoms with Gasteiger partial charge in [0.15, 0.2) is 0 Å². The van der Waals surface area contributed by atoms with Crippen molar-refractivity contribution >= 4 is 17.4 Å². The molecule has 0 aliphatic carbocycles. The van der Waals surface area contributed by atoms with Gasteiger partial charge in [0.05, 0.1) is 0 Å². The first-order valence-corrected chi connectivity index (χ1v) is 10.1. The maximum Gasteiger partial charge on any atom is 0.277 e. The Bertz CT molecular complexity index is 956. The number of hydrogen-bond acceptors (Lipinski definition) is 4. The van der Waals surface area contributed by atoms with Gasteiger partial charge in [0.2, 0.25) is 0 Å². The summed E-state index contributed by atoms with van der Waals surface area (Å²) in [5.41, 5.74) is 3.73. The van der Waals surface area contributed by atoms with Gasteiger partial charge in [-0.3, -0.25) is 4.79 Å². The van der Waals surface area contributed by atoms with Gasteiger partial charge in [-0.25, -0.2) is 9.97 Å². The lowest BCUT2D eigenvalue weighted by atomic mass is 10.1. The number of nitrogens with one attached hydrogen (secondary N) is 1. The number of rotatable bonds is 8. The fraction of sp³-hybridized carbons (Fsp3) is 0.292. The number of amides is 1. The van der Waals surface area contributed by atoms with E-state index in [1.54, 1.807) is 11.0 Å². The number of benzene rings is 2. The van der Waals surface area contributed by atoms with Crippen LogP contribution in [0.15, 0.2) is 60.7 Å². The standard InChI is InChI=1S/C24H28N4O/c1-4-28(21-14-8-10-18(2)16-21)24(29)22-17-23(27-19(3)26-22)25-15-9-13-20-11-6-5-7-12-20/h5-8,10-12,14,16-17H,4,9,13,15H2,1-3H3,(H,25,26,27). The van der Waals surface area contributed by atoms with Crippen LogP contribution in [0.5, 0.6) is 0 Å². The molecule has 5 nitrogen and oxygen atoms in total. The van der Waals surface area contributed by atoms with Crippen LogP contribution in [-0.4, -0.2) is 29.0 Å². The first kappa shape index (κ1) is 20.5. The molecule has 1 N–H and O–H groups in total. The lowest BCUT2D eigenvalue weighted by Crippen LogP contribution is -2.31. The zero-order chi connectivity index (χ0) is 20.6. The molecule has 5 heteroatoms. The Morgan fingerprint density at radius 2 is 1.79 bits per heavy atom. The van der Waals surface area contributed by atoms with Gasteiger partial charge in [0.1, 0.15) is 17.3 Å². The SMILES string of the molecule is CCN(C(=O)c1cc(NCCCc2ccccc2)nc(C)n1)c1cccc(C)c1. The fourth-order valence-electron chi connectivity index (χ4n) is 3.30. The van der Waals surface area contributed by atoms with Crippen molar-refractivity contribution in [1.82, 2.24) is 9.97 Å².